The zero-order valence-corrected chi connectivity index (χ0v) is 23.5. The van der Waals surface area contributed by atoms with E-state index in [9.17, 15) is 19.2 Å². The van der Waals surface area contributed by atoms with E-state index < -0.39 is 30.1 Å². The zero-order valence-electron chi connectivity index (χ0n) is 23.5. The summed E-state index contributed by atoms with van der Waals surface area (Å²) in [7, 11) is 0. The third-order valence-corrected chi connectivity index (χ3v) is 7.58. The SMILES string of the molecule is CC(C)COC(=O)C1NC(=O)[C@@H]1CCCN=C(NC(=O)OCC1CCCCC1)NC(=O)OCC1CCCCC1. The molecule has 1 saturated heterocycles. The van der Waals surface area contributed by atoms with Crippen molar-refractivity contribution in [1.29, 1.82) is 0 Å². The quantitative estimate of drug-likeness (QED) is 0.0879. The van der Waals surface area contributed by atoms with Crippen molar-refractivity contribution in [3.63, 3.8) is 0 Å². The number of hydrogen-bond acceptors (Lipinski definition) is 8. The van der Waals surface area contributed by atoms with E-state index in [1.165, 1.54) is 12.8 Å². The minimum Gasteiger partial charge on any atom is -0.464 e. The molecular weight excluding hydrogens is 504 g/mol. The van der Waals surface area contributed by atoms with Gasteiger partial charge in [-0.2, -0.15) is 0 Å². The van der Waals surface area contributed by atoms with Gasteiger partial charge in [0.05, 0.1) is 25.7 Å². The molecule has 0 aromatic heterocycles. The maximum Gasteiger partial charge on any atom is 0.413 e. The number of nitrogens with zero attached hydrogens (tertiary/aromatic N) is 1. The first-order valence-electron chi connectivity index (χ1n) is 14.7. The van der Waals surface area contributed by atoms with Gasteiger partial charge in [0.15, 0.2) is 0 Å². The van der Waals surface area contributed by atoms with Gasteiger partial charge in [0.25, 0.3) is 0 Å². The highest BCUT2D eigenvalue weighted by molar-refractivity contribution is 6.01. The third-order valence-electron chi connectivity index (χ3n) is 7.58. The van der Waals surface area contributed by atoms with Gasteiger partial charge in [-0.3, -0.25) is 20.4 Å². The first-order chi connectivity index (χ1) is 18.8. The molecule has 0 aromatic carbocycles. The molecule has 3 N–H and O–H groups in total. The van der Waals surface area contributed by atoms with Gasteiger partial charge in [0.2, 0.25) is 11.9 Å². The van der Waals surface area contributed by atoms with Crippen LogP contribution < -0.4 is 16.0 Å². The van der Waals surface area contributed by atoms with Gasteiger partial charge in [-0.1, -0.05) is 52.4 Å². The number of esters is 1. The van der Waals surface area contributed by atoms with Gasteiger partial charge < -0.3 is 19.5 Å². The van der Waals surface area contributed by atoms with Gasteiger partial charge >= 0.3 is 18.2 Å². The minimum atomic E-state index is -0.682. The number of hydrogen-bond donors (Lipinski definition) is 3. The molecule has 1 heterocycles. The lowest BCUT2D eigenvalue weighted by Gasteiger charge is -2.34. The van der Waals surface area contributed by atoms with E-state index in [0.29, 0.717) is 44.5 Å². The first-order valence-corrected chi connectivity index (χ1v) is 14.7. The first kappa shape index (κ1) is 30.7. The average Bonchev–Trinajstić information content (AvgIpc) is 2.93. The van der Waals surface area contributed by atoms with E-state index in [1.807, 2.05) is 13.8 Å². The molecule has 1 aliphatic heterocycles. The predicted molar refractivity (Wildman–Crippen MR) is 145 cm³/mol. The highest BCUT2D eigenvalue weighted by atomic mass is 16.6. The monoisotopic (exact) mass is 550 g/mol. The molecule has 2 saturated carbocycles. The number of ether oxygens (including phenoxy) is 3. The van der Waals surface area contributed by atoms with Gasteiger partial charge in [0, 0.05) is 6.54 Å². The molecule has 39 heavy (non-hydrogen) atoms. The zero-order chi connectivity index (χ0) is 28.0. The molecule has 0 spiro atoms. The Morgan fingerprint density at radius 3 is 1.90 bits per heavy atom. The van der Waals surface area contributed by atoms with Crippen LogP contribution >= 0.6 is 0 Å². The number of aliphatic imine (C=N–C) groups is 1. The lowest BCUT2D eigenvalue weighted by atomic mass is 9.86. The van der Waals surface area contributed by atoms with Gasteiger partial charge in [-0.15, -0.1) is 0 Å². The molecule has 0 bridgehead atoms. The van der Waals surface area contributed by atoms with Crippen LogP contribution in [0.4, 0.5) is 9.59 Å². The highest BCUT2D eigenvalue weighted by Crippen LogP contribution is 2.25. The van der Waals surface area contributed by atoms with Crippen molar-refractivity contribution in [1.82, 2.24) is 16.0 Å². The molecule has 220 valence electrons. The van der Waals surface area contributed by atoms with Crippen molar-refractivity contribution in [3.8, 4) is 0 Å². The largest absolute Gasteiger partial charge is 0.464 e. The van der Waals surface area contributed by atoms with Gasteiger partial charge in [-0.05, 0) is 56.3 Å². The number of alkyl carbamates (subject to hydrolysis) is 2. The number of guanidine groups is 1. The van der Waals surface area contributed by atoms with Crippen molar-refractivity contribution in [2.24, 2.45) is 28.7 Å². The maximum atomic E-state index is 12.4. The normalized spacial score (nSPS) is 21.8. The summed E-state index contributed by atoms with van der Waals surface area (Å²) in [5.74, 6) is -0.242. The van der Waals surface area contributed by atoms with Gasteiger partial charge in [0.1, 0.15) is 6.04 Å². The van der Waals surface area contributed by atoms with Crippen LogP contribution in [0.1, 0.15) is 90.9 Å². The highest BCUT2D eigenvalue weighted by Gasteiger charge is 2.44. The average molecular weight is 551 g/mol. The Labute approximate surface area is 231 Å². The van der Waals surface area contributed by atoms with Crippen LogP contribution in [-0.4, -0.2) is 62.4 Å². The summed E-state index contributed by atoms with van der Waals surface area (Å²) in [6.07, 6.45) is 10.7. The van der Waals surface area contributed by atoms with E-state index in [0.717, 1.165) is 51.4 Å². The Kier molecular flexibility index (Phi) is 12.8. The fourth-order valence-electron chi connectivity index (χ4n) is 5.25. The Hall–Kier alpha value is -2.85. The Morgan fingerprint density at radius 1 is 0.872 bits per heavy atom. The van der Waals surface area contributed by atoms with E-state index in [2.05, 4.69) is 20.9 Å². The Balaban J connectivity index is 1.48. The molecule has 2 atom stereocenters. The number of nitrogens with one attached hydrogen (secondary N) is 3. The second-order valence-electron chi connectivity index (χ2n) is 11.4. The van der Waals surface area contributed by atoms with Crippen LogP contribution in [-0.2, 0) is 23.8 Å². The number of carbonyl (C=O) groups is 4. The summed E-state index contributed by atoms with van der Waals surface area (Å²) in [6.45, 7) is 5.07. The summed E-state index contributed by atoms with van der Waals surface area (Å²) >= 11 is 0. The van der Waals surface area contributed by atoms with Crippen molar-refractivity contribution in [2.75, 3.05) is 26.4 Å². The second-order valence-corrected chi connectivity index (χ2v) is 11.4. The second kappa shape index (κ2) is 16.3. The fourth-order valence-corrected chi connectivity index (χ4v) is 5.25. The van der Waals surface area contributed by atoms with E-state index >= 15 is 0 Å². The minimum absolute atomic E-state index is 0.0526. The molecule has 1 unspecified atom stereocenters. The summed E-state index contributed by atoms with van der Waals surface area (Å²) in [6, 6.07) is -0.652. The molecule has 11 heteroatoms. The van der Waals surface area contributed by atoms with Crippen molar-refractivity contribution >= 4 is 30.0 Å². The van der Waals surface area contributed by atoms with Crippen LogP contribution in [0.3, 0.4) is 0 Å². The van der Waals surface area contributed by atoms with Crippen LogP contribution in [0.15, 0.2) is 4.99 Å². The Bertz CT molecular complexity index is 813. The van der Waals surface area contributed by atoms with Crippen LogP contribution in [0.5, 0.6) is 0 Å². The van der Waals surface area contributed by atoms with Gasteiger partial charge in [-0.25, -0.2) is 14.4 Å². The van der Waals surface area contributed by atoms with Crippen LogP contribution in [0, 0.1) is 23.7 Å². The molecule has 0 radical (unpaired) electrons. The molecule has 3 rings (SSSR count). The fraction of sp³-hybridized carbons (Fsp3) is 0.821. The molecule has 3 fully saturated rings. The molecule has 2 aliphatic carbocycles. The number of amides is 3. The summed E-state index contributed by atoms with van der Waals surface area (Å²) in [4.78, 5) is 53.4. The standard InChI is InChI=1S/C28H46N4O7/c1-19(2)16-37-25(34)23-22(24(33)30-23)14-9-15-29-26(31-27(35)38-17-20-10-5-3-6-11-20)32-28(36)39-18-21-12-7-4-8-13-21/h19-23H,3-18H2,1-2H3,(H,30,33)(H2,29,31,32,35,36)/t22-,23?/m1/s1. The number of β-lactam (4-membered cyclic amide) rings is 1. The Morgan fingerprint density at radius 2 is 1.41 bits per heavy atom. The molecule has 0 aromatic rings. The summed E-state index contributed by atoms with van der Waals surface area (Å²) < 4.78 is 16.0. The molecule has 3 aliphatic rings. The smallest absolute Gasteiger partial charge is 0.413 e. The molecule has 3 amide bonds. The lowest BCUT2D eigenvalue weighted by Crippen LogP contribution is -2.62. The van der Waals surface area contributed by atoms with E-state index in [4.69, 9.17) is 14.2 Å². The molecular formula is C28H46N4O7. The third kappa shape index (κ3) is 11.0. The topological polar surface area (TPSA) is 144 Å². The number of carbonyl (C=O) groups excluding carboxylic acids is 4. The predicted octanol–water partition coefficient (Wildman–Crippen LogP) is 4.05. The summed E-state index contributed by atoms with van der Waals surface area (Å²) in [5, 5.41) is 7.66. The van der Waals surface area contributed by atoms with E-state index in [-0.39, 0.29) is 24.3 Å². The summed E-state index contributed by atoms with van der Waals surface area (Å²) in [5.41, 5.74) is 0. The van der Waals surface area contributed by atoms with Crippen molar-refractivity contribution in [3.05, 3.63) is 0 Å². The van der Waals surface area contributed by atoms with Crippen LogP contribution in [0.25, 0.3) is 0 Å². The van der Waals surface area contributed by atoms with Crippen molar-refractivity contribution < 1.29 is 33.4 Å². The lowest BCUT2D eigenvalue weighted by molar-refractivity contribution is -0.158. The number of rotatable bonds is 11. The molecule has 11 nitrogen and oxygen atoms in total. The van der Waals surface area contributed by atoms with Crippen LogP contribution in [0.2, 0.25) is 0 Å². The maximum absolute atomic E-state index is 12.4. The van der Waals surface area contributed by atoms with Crippen molar-refractivity contribution in [2.45, 2.75) is 96.9 Å². The van der Waals surface area contributed by atoms with E-state index in [1.54, 1.807) is 0 Å².